The Labute approximate surface area is 205 Å². The number of para-hydroxylation sites is 2. The highest BCUT2D eigenvalue weighted by Gasteiger charge is 2.22. The van der Waals surface area contributed by atoms with Gasteiger partial charge in [-0.2, -0.15) is 0 Å². The normalized spacial score (nSPS) is 12.4. The van der Waals surface area contributed by atoms with E-state index >= 15 is 0 Å². The van der Waals surface area contributed by atoms with E-state index in [2.05, 4.69) is 55.9 Å². The number of thioether (sulfide) groups is 1. The van der Waals surface area contributed by atoms with Crippen LogP contribution in [0.4, 0.5) is 0 Å². The second kappa shape index (κ2) is 8.56. The van der Waals surface area contributed by atoms with Crippen LogP contribution in [-0.2, 0) is 0 Å². The van der Waals surface area contributed by atoms with Crippen molar-refractivity contribution >= 4 is 33.6 Å². The lowest BCUT2D eigenvalue weighted by atomic mass is 10.1. The van der Waals surface area contributed by atoms with E-state index in [0.29, 0.717) is 16.7 Å². The number of aryl methyl sites for hydroxylation is 1. The van der Waals surface area contributed by atoms with Crippen LogP contribution in [0.25, 0.3) is 38.9 Å². The Kier molecular flexibility index (Phi) is 5.22. The van der Waals surface area contributed by atoms with E-state index in [0.717, 1.165) is 38.7 Å². The third-order valence-corrected chi connectivity index (χ3v) is 7.07. The molecule has 0 fully saturated rings. The number of benzene rings is 3. The van der Waals surface area contributed by atoms with Crippen molar-refractivity contribution in [2.75, 3.05) is 0 Å². The lowest BCUT2D eigenvalue weighted by Crippen LogP contribution is -2.13. The Balaban J connectivity index is 1.47. The molecule has 8 heteroatoms. The summed E-state index contributed by atoms with van der Waals surface area (Å²) in [5.41, 5.74) is 4.68. The zero-order valence-corrected chi connectivity index (χ0v) is 20.0. The number of hydrogen-bond donors (Lipinski definition) is 2. The van der Waals surface area contributed by atoms with Crippen molar-refractivity contribution in [2.45, 2.75) is 24.3 Å². The second-order valence-electron chi connectivity index (χ2n) is 8.46. The van der Waals surface area contributed by atoms with Gasteiger partial charge in [0, 0.05) is 28.4 Å². The van der Waals surface area contributed by atoms with Crippen LogP contribution in [-0.4, -0.2) is 29.7 Å². The summed E-state index contributed by atoms with van der Waals surface area (Å²) in [6, 6.07) is 23.8. The first-order chi connectivity index (χ1) is 17.1. The highest BCUT2D eigenvalue weighted by Crippen LogP contribution is 2.37. The number of fused-ring (bicyclic) bond motifs is 2. The molecule has 6 rings (SSSR count). The Hall–Kier alpha value is -4.17. The van der Waals surface area contributed by atoms with Crippen LogP contribution in [0, 0.1) is 6.92 Å². The topological polar surface area (TPSA) is 92.2 Å². The Morgan fingerprint density at radius 2 is 1.74 bits per heavy atom. The molecule has 0 amide bonds. The molecular weight excluding hydrogens is 456 g/mol. The molecule has 0 aliphatic rings. The number of aromatic amines is 2. The summed E-state index contributed by atoms with van der Waals surface area (Å²) in [6.07, 6.45) is 1.97. The van der Waals surface area contributed by atoms with Crippen molar-refractivity contribution in [3.8, 4) is 17.1 Å². The average Bonchev–Trinajstić information content (AvgIpc) is 3.48. The predicted octanol–water partition coefficient (Wildman–Crippen LogP) is 5.81. The van der Waals surface area contributed by atoms with Gasteiger partial charge >= 0.3 is 0 Å². The summed E-state index contributed by atoms with van der Waals surface area (Å²) >= 11 is 1.51. The first-order valence-electron chi connectivity index (χ1n) is 11.3. The number of rotatable bonds is 5. The molecule has 0 aliphatic carbocycles. The molecule has 7 nitrogen and oxygen atoms in total. The molecule has 0 saturated heterocycles. The molecular formula is C27H22N6OS. The van der Waals surface area contributed by atoms with Crippen LogP contribution >= 0.6 is 11.8 Å². The maximum absolute atomic E-state index is 12.6. The number of aromatic nitrogens is 6. The molecule has 1 atom stereocenters. The van der Waals surface area contributed by atoms with E-state index in [-0.39, 0.29) is 10.8 Å². The van der Waals surface area contributed by atoms with E-state index in [1.54, 1.807) is 6.07 Å². The number of H-pyrrole nitrogens is 2. The fourth-order valence-electron chi connectivity index (χ4n) is 4.29. The van der Waals surface area contributed by atoms with Gasteiger partial charge in [0.1, 0.15) is 5.82 Å². The third kappa shape index (κ3) is 3.81. The summed E-state index contributed by atoms with van der Waals surface area (Å²) in [4.78, 5) is 23.6. The largest absolute Gasteiger partial charge is 0.360 e. The summed E-state index contributed by atoms with van der Waals surface area (Å²) < 4.78 is 2.07. The Morgan fingerprint density at radius 1 is 0.943 bits per heavy atom. The van der Waals surface area contributed by atoms with Gasteiger partial charge in [0.15, 0.2) is 11.0 Å². The molecule has 3 aromatic carbocycles. The van der Waals surface area contributed by atoms with E-state index in [4.69, 9.17) is 4.98 Å². The SMILES string of the molecule is Cc1cccc(-n2c(SC(C)c3nc4ccccc4c(=O)[nH]3)nnc2-c2c[nH]c3ccccc23)c1. The Bertz CT molecular complexity index is 1750. The highest BCUT2D eigenvalue weighted by molar-refractivity contribution is 7.99. The number of nitrogens with zero attached hydrogens (tertiary/aromatic N) is 4. The molecule has 0 saturated carbocycles. The number of nitrogens with one attached hydrogen (secondary N) is 2. The summed E-state index contributed by atoms with van der Waals surface area (Å²) in [5, 5.41) is 11.4. The van der Waals surface area contributed by atoms with Crippen LogP contribution in [0.15, 0.2) is 88.9 Å². The molecule has 35 heavy (non-hydrogen) atoms. The highest BCUT2D eigenvalue weighted by atomic mass is 32.2. The second-order valence-corrected chi connectivity index (χ2v) is 9.76. The lowest BCUT2D eigenvalue weighted by Gasteiger charge is -2.14. The van der Waals surface area contributed by atoms with E-state index < -0.39 is 0 Å². The average molecular weight is 479 g/mol. The van der Waals surface area contributed by atoms with Gasteiger partial charge in [-0.25, -0.2) is 4.98 Å². The standard InChI is InChI=1S/C27H22N6OS/c1-16-8-7-9-18(14-16)33-25(21-15-28-22-12-5-3-10-19(21)22)31-32-27(33)35-17(2)24-29-23-13-6-4-11-20(23)26(34)30-24/h3-15,17,28H,1-2H3,(H,29,30,34). The van der Waals surface area contributed by atoms with E-state index in [9.17, 15) is 4.79 Å². The molecule has 0 aliphatic heterocycles. The zero-order chi connectivity index (χ0) is 23.9. The smallest absolute Gasteiger partial charge is 0.258 e. The Morgan fingerprint density at radius 3 is 2.60 bits per heavy atom. The van der Waals surface area contributed by atoms with Gasteiger partial charge in [-0.15, -0.1) is 10.2 Å². The van der Waals surface area contributed by atoms with Crippen LogP contribution in [0.5, 0.6) is 0 Å². The molecule has 0 radical (unpaired) electrons. The van der Waals surface area contributed by atoms with E-state index in [1.807, 2.05) is 55.6 Å². The van der Waals surface area contributed by atoms with Crippen LogP contribution < -0.4 is 5.56 Å². The lowest BCUT2D eigenvalue weighted by molar-refractivity contribution is 0.862. The fourth-order valence-corrected chi connectivity index (χ4v) is 5.21. The third-order valence-electron chi connectivity index (χ3n) is 6.02. The van der Waals surface area contributed by atoms with Gasteiger partial charge in [0.05, 0.1) is 16.2 Å². The molecule has 172 valence electrons. The summed E-state index contributed by atoms with van der Waals surface area (Å²) in [7, 11) is 0. The molecule has 2 N–H and O–H groups in total. The predicted molar refractivity (Wildman–Crippen MR) is 140 cm³/mol. The van der Waals surface area contributed by atoms with Crippen molar-refractivity contribution in [1.29, 1.82) is 0 Å². The molecule has 3 aromatic heterocycles. The zero-order valence-electron chi connectivity index (χ0n) is 19.2. The van der Waals surface area contributed by atoms with Gasteiger partial charge in [-0.3, -0.25) is 9.36 Å². The van der Waals surface area contributed by atoms with Crippen LogP contribution in [0.2, 0.25) is 0 Å². The van der Waals surface area contributed by atoms with Crippen molar-refractivity contribution < 1.29 is 0 Å². The first kappa shape index (κ1) is 21.4. The molecule has 0 bridgehead atoms. The minimum atomic E-state index is -0.157. The number of hydrogen-bond acceptors (Lipinski definition) is 5. The minimum Gasteiger partial charge on any atom is -0.360 e. The molecule has 3 heterocycles. The van der Waals surface area contributed by atoms with E-state index in [1.165, 1.54) is 11.8 Å². The minimum absolute atomic E-state index is 0.141. The molecule has 6 aromatic rings. The summed E-state index contributed by atoms with van der Waals surface area (Å²) in [6.45, 7) is 4.08. The van der Waals surface area contributed by atoms with Crippen LogP contribution in [0.3, 0.4) is 0 Å². The van der Waals surface area contributed by atoms with Gasteiger partial charge in [0.2, 0.25) is 0 Å². The van der Waals surface area contributed by atoms with Crippen LogP contribution in [0.1, 0.15) is 23.6 Å². The maximum Gasteiger partial charge on any atom is 0.258 e. The monoisotopic (exact) mass is 478 g/mol. The van der Waals surface area contributed by atoms with Gasteiger partial charge in [-0.05, 0) is 49.7 Å². The maximum atomic E-state index is 12.6. The van der Waals surface area contributed by atoms with Gasteiger partial charge in [-0.1, -0.05) is 54.2 Å². The first-order valence-corrected chi connectivity index (χ1v) is 12.2. The fraction of sp³-hybridized carbons (Fsp3) is 0.111. The van der Waals surface area contributed by atoms with Crippen molar-refractivity contribution in [3.63, 3.8) is 0 Å². The van der Waals surface area contributed by atoms with Crippen molar-refractivity contribution in [3.05, 3.63) is 101 Å². The quantitative estimate of drug-likeness (QED) is 0.305. The van der Waals surface area contributed by atoms with Gasteiger partial charge in [0.25, 0.3) is 5.56 Å². The van der Waals surface area contributed by atoms with Crippen molar-refractivity contribution in [2.24, 2.45) is 0 Å². The van der Waals surface area contributed by atoms with Crippen molar-refractivity contribution in [1.82, 2.24) is 29.7 Å². The van der Waals surface area contributed by atoms with Gasteiger partial charge < -0.3 is 9.97 Å². The molecule has 0 spiro atoms. The molecule has 1 unspecified atom stereocenters. The summed E-state index contributed by atoms with van der Waals surface area (Å²) in [5.74, 6) is 1.36.